The Hall–Kier alpha value is -3.99. The number of hydrogen-bond donors (Lipinski definition) is 0. The number of aromatic nitrogens is 2. The third kappa shape index (κ3) is 3.01. The molecule has 3 aromatic rings. The van der Waals surface area contributed by atoms with Crippen molar-refractivity contribution in [3.8, 4) is 11.4 Å². The first-order valence-electron chi connectivity index (χ1n) is 7.55. The summed E-state index contributed by atoms with van der Waals surface area (Å²) in [4.78, 5) is 33.5. The number of imidazole rings is 1. The molecule has 26 heavy (non-hydrogen) atoms. The third-order valence-corrected chi connectivity index (χ3v) is 3.94. The minimum atomic E-state index is -0.421. The van der Waals surface area contributed by atoms with Crippen molar-refractivity contribution >= 4 is 35.0 Å². The first-order chi connectivity index (χ1) is 12.5. The highest BCUT2D eigenvalue weighted by molar-refractivity contribution is 6.34. The Morgan fingerprint density at radius 1 is 0.962 bits per heavy atom. The van der Waals surface area contributed by atoms with E-state index in [0.717, 1.165) is 23.5 Å². The fourth-order valence-electron chi connectivity index (χ4n) is 2.65. The maximum absolute atomic E-state index is 11.8. The molecule has 0 saturated heterocycles. The van der Waals surface area contributed by atoms with Gasteiger partial charge in [0.2, 0.25) is 0 Å². The molecule has 126 valence electrons. The molecule has 8 nitrogen and oxygen atoms in total. The second-order valence-electron chi connectivity index (χ2n) is 5.49. The SMILES string of the molecule is Cn1c(-c2ccc(C(=O)C=[N+]=[N-])cc2)nc2cc(C(=O)C=[N+]=[N-])ccc21. The van der Waals surface area contributed by atoms with Crippen LogP contribution in [0.3, 0.4) is 0 Å². The Kier molecular flexibility index (Phi) is 4.45. The summed E-state index contributed by atoms with van der Waals surface area (Å²) in [6.45, 7) is 0. The molecule has 0 aliphatic heterocycles. The Morgan fingerprint density at radius 2 is 1.54 bits per heavy atom. The molecule has 0 N–H and O–H groups in total. The zero-order valence-corrected chi connectivity index (χ0v) is 13.7. The minimum Gasteiger partial charge on any atom is -0.361 e. The van der Waals surface area contributed by atoms with E-state index in [1.807, 2.05) is 11.6 Å². The van der Waals surface area contributed by atoms with Crippen molar-refractivity contribution in [1.29, 1.82) is 0 Å². The smallest absolute Gasteiger partial charge is 0.328 e. The van der Waals surface area contributed by atoms with E-state index in [1.54, 1.807) is 42.5 Å². The molecule has 0 bridgehead atoms. The van der Waals surface area contributed by atoms with Gasteiger partial charge in [0.05, 0.1) is 11.0 Å². The van der Waals surface area contributed by atoms with Crippen LogP contribution in [0.1, 0.15) is 20.7 Å². The van der Waals surface area contributed by atoms with E-state index in [4.69, 9.17) is 11.1 Å². The van der Waals surface area contributed by atoms with Crippen molar-refractivity contribution in [3.05, 3.63) is 64.7 Å². The predicted octanol–water partition coefficient (Wildman–Crippen LogP) is 2.21. The summed E-state index contributed by atoms with van der Waals surface area (Å²) in [5.74, 6) is -0.164. The molecule has 8 heteroatoms. The van der Waals surface area contributed by atoms with Crippen molar-refractivity contribution in [2.75, 3.05) is 0 Å². The molecule has 0 amide bonds. The number of nitrogens with zero attached hydrogens (tertiary/aromatic N) is 6. The molecule has 0 saturated carbocycles. The van der Waals surface area contributed by atoms with Gasteiger partial charge in [-0.3, -0.25) is 9.59 Å². The molecule has 0 fully saturated rings. The molecule has 1 heterocycles. The molecular weight excluding hydrogens is 332 g/mol. The quantitative estimate of drug-likeness (QED) is 0.305. The van der Waals surface area contributed by atoms with E-state index < -0.39 is 11.6 Å². The average Bonchev–Trinajstić information content (AvgIpc) is 2.98. The van der Waals surface area contributed by atoms with Crippen molar-refractivity contribution < 1.29 is 19.2 Å². The van der Waals surface area contributed by atoms with Crippen LogP contribution in [0.4, 0.5) is 0 Å². The predicted molar refractivity (Wildman–Crippen MR) is 94.2 cm³/mol. The highest BCUT2D eigenvalue weighted by Crippen LogP contribution is 2.25. The summed E-state index contributed by atoms with van der Waals surface area (Å²) >= 11 is 0. The number of rotatable bonds is 5. The van der Waals surface area contributed by atoms with Crippen LogP contribution in [0.5, 0.6) is 0 Å². The van der Waals surface area contributed by atoms with Crippen LogP contribution in [-0.4, -0.2) is 43.1 Å². The number of carbonyl (C=O) groups is 2. The molecule has 0 spiro atoms. The van der Waals surface area contributed by atoms with Crippen LogP contribution in [-0.2, 0) is 7.05 Å². The number of ketones is 2. The fraction of sp³-hybridized carbons (Fsp3) is 0.0556. The highest BCUT2D eigenvalue weighted by atomic mass is 16.1. The molecule has 0 atom stereocenters. The molecule has 3 rings (SSSR count). The van der Waals surface area contributed by atoms with Gasteiger partial charge in [-0.05, 0) is 18.2 Å². The largest absolute Gasteiger partial charge is 0.361 e. The first-order valence-corrected chi connectivity index (χ1v) is 7.55. The van der Waals surface area contributed by atoms with Crippen LogP contribution >= 0.6 is 0 Å². The maximum Gasteiger partial charge on any atom is 0.328 e. The van der Waals surface area contributed by atoms with E-state index in [2.05, 4.69) is 14.6 Å². The van der Waals surface area contributed by atoms with E-state index >= 15 is 0 Å². The molecule has 0 aliphatic rings. The van der Waals surface area contributed by atoms with Crippen LogP contribution < -0.4 is 0 Å². The summed E-state index contributed by atoms with van der Waals surface area (Å²) in [5.41, 5.74) is 19.9. The summed E-state index contributed by atoms with van der Waals surface area (Å²) in [7, 11) is 1.85. The van der Waals surface area contributed by atoms with E-state index in [1.165, 1.54) is 0 Å². The highest BCUT2D eigenvalue weighted by Gasteiger charge is 2.14. The number of fused-ring (bicyclic) bond motifs is 1. The summed E-state index contributed by atoms with van der Waals surface area (Å²) < 4.78 is 1.87. The van der Waals surface area contributed by atoms with Crippen molar-refractivity contribution in [2.45, 2.75) is 0 Å². The van der Waals surface area contributed by atoms with Gasteiger partial charge in [-0.1, -0.05) is 24.3 Å². The van der Waals surface area contributed by atoms with Crippen LogP contribution in [0, 0.1) is 0 Å². The Morgan fingerprint density at radius 3 is 2.15 bits per heavy atom. The normalized spacial score (nSPS) is 10.0. The number of aryl methyl sites for hydroxylation is 1. The maximum atomic E-state index is 11.8. The van der Waals surface area contributed by atoms with Gasteiger partial charge in [0.1, 0.15) is 5.82 Å². The molecule has 0 radical (unpaired) electrons. The van der Waals surface area contributed by atoms with Gasteiger partial charge >= 0.3 is 12.4 Å². The Bertz CT molecular complexity index is 1130. The number of Topliss-reactive ketones (excluding diaryl/α,β-unsaturated/α-hetero) is 2. The lowest BCUT2D eigenvalue weighted by atomic mass is 10.1. The second kappa shape index (κ2) is 6.86. The summed E-state index contributed by atoms with van der Waals surface area (Å²) in [6.07, 6.45) is 1.66. The van der Waals surface area contributed by atoms with E-state index in [9.17, 15) is 9.59 Å². The first kappa shape index (κ1) is 16.9. The van der Waals surface area contributed by atoms with Gasteiger partial charge < -0.3 is 15.6 Å². The minimum absolute atomic E-state index is 0.365. The van der Waals surface area contributed by atoms with Gasteiger partial charge in [0.15, 0.2) is 0 Å². The molecular formula is C18H12N6O2. The van der Waals surface area contributed by atoms with Gasteiger partial charge in [-0.15, -0.1) is 0 Å². The Labute approximate surface area is 147 Å². The topological polar surface area (TPSA) is 125 Å². The van der Waals surface area contributed by atoms with E-state index in [0.29, 0.717) is 22.5 Å². The monoisotopic (exact) mass is 344 g/mol. The third-order valence-electron chi connectivity index (χ3n) is 3.94. The number of benzene rings is 2. The average molecular weight is 344 g/mol. The molecule has 1 aromatic heterocycles. The zero-order chi connectivity index (χ0) is 18.7. The molecule has 0 unspecified atom stereocenters. The van der Waals surface area contributed by atoms with Gasteiger partial charge in [-0.25, -0.2) is 4.98 Å². The lowest BCUT2D eigenvalue weighted by molar-refractivity contribution is 0.00214. The van der Waals surface area contributed by atoms with Gasteiger partial charge in [0.25, 0.3) is 11.6 Å². The lowest BCUT2D eigenvalue weighted by Crippen LogP contribution is -2.01. The van der Waals surface area contributed by atoms with E-state index in [-0.39, 0.29) is 0 Å². The summed E-state index contributed by atoms with van der Waals surface area (Å²) in [5, 5.41) is 0. The zero-order valence-electron chi connectivity index (χ0n) is 13.7. The number of hydrogen-bond acceptors (Lipinski definition) is 3. The summed E-state index contributed by atoms with van der Waals surface area (Å²) in [6, 6.07) is 11.7. The lowest BCUT2D eigenvalue weighted by Gasteiger charge is -2.03. The Balaban J connectivity index is 2.04. The van der Waals surface area contributed by atoms with Gasteiger partial charge in [-0.2, -0.15) is 9.58 Å². The van der Waals surface area contributed by atoms with Crippen LogP contribution in [0.25, 0.3) is 33.5 Å². The van der Waals surface area contributed by atoms with Crippen LogP contribution in [0.15, 0.2) is 42.5 Å². The van der Waals surface area contributed by atoms with Gasteiger partial charge in [0, 0.05) is 23.7 Å². The standard InChI is InChI=1S/C18H12N6O2/c1-24-15-7-6-13(17(26)10-22-20)8-14(15)23-18(24)12-4-2-11(3-5-12)16(25)9-21-19/h2-10H,1H3. The molecule has 0 aliphatic carbocycles. The van der Waals surface area contributed by atoms with Crippen molar-refractivity contribution in [3.63, 3.8) is 0 Å². The number of carbonyl (C=O) groups excluding carboxylic acids is 2. The van der Waals surface area contributed by atoms with Crippen molar-refractivity contribution in [2.24, 2.45) is 7.05 Å². The second-order valence-corrected chi connectivity index (χ2v) is 5.49. The molecule has 2 aromatic carbocycles. The fourth-order valence-corrected chi connectivity index (χ4v) is 2.65. The van der Waals surface area contributed by atoms with Crippen LogP contribution in [0.2, 0.25) is 0 Å². The van der Waals surface area contributed by atoms with Crippen molar-refractivity contribution in [1.82, 2.24) is 9.55 Å².